The van der Waals surface area contributed by atoms with Crippen molar-refractivity contribution in [2.45, 2.75) is 20.4 Å². The maximum absolute atomic E-state index is 6.31. The average molecular weight is 362 g/mol. The molecule has 2 heterocycles. The largest absolute Gasteiger partial charge is 0.444 e. The Kier molecular flexibility index (Phi) is 5.48. The molecule has 0 atom stereocenters. The van der Waals surface area contributed by atoms with Gasteiger partial charge in [-0.05, 0) is 26.0 Å². The number of nitrogens with one attached hydrogen (secondary N) is 1. The van der Waals surface area contributed by atoms with Crippen LogP contribution in [0.25, 0.3) is 0 Å². The fourth-order valence-corrected chi connectivity index (χ4v) is 3.22. The summed E-state index contributed by atoms with van der Waals surface area (Å²) >= 11 is 6.31. The number of anilines is 1. The Labute approximate surface area is 153 Å². The van der Waals surface area contributed by atoms with Gasteiger partial charge in [0.15, 0.2) is 5.96 Å². The molecule has 134 valence electrons. The Morgan fingerprint density at radius 3 is 2.56 bits per heavy atom. The van der Waals surface area contributed by atoms with Gasteiger partial charge >= 0.3 is 0 Å². The van der Waals surface area contributed by atoms with Crippen molar-refractivity contribution in [2.75, 3.05) is 38.1 Å². The molecule has 1 aliphatic heterocycles. The first-order chi connectivity index (χ1) is 12.1. The van der Waals surface area contributed by atoms with Crippen molar-refractivity contribution in [1.82, 2.24) is 15.2 Å². The number of aromatic nitrogens is 1. The van der Waals surface area contributed by atoms with E-state index in [9.17, 15) is 0 Å². The summed E-state index contributed by atoms with van der Waals surface area (Å²) in [6, 6.07) is 7.98. The fourth-order valence-electron chi connectivity index (χ4n) is 2.97. The lowest BCUT2D eigenvalue weighted by Gasteiger charge is -2.37. The maximum Gasteiger partial charge on any atom is 0.214 e. The van der Waals surface area contributed by atoms with E-state index in [0.29, 0.717) is 12.4 Å². The van der Waals surface area contributed by atoms with Crippen molar-refractivity contribution in [3.05, 3.63) is 46.6 Å². The molecule has 0 radical (unpaired) electrons. The van der Waals surface area contributed by atoms with E-state index in [-0.39, 0.29) is 0 Å². The summed E-state index contributed by atoms with van der Waals surface area (Å²) in [4.78, 5) is 13.3. The van der Waals surface area contributed by atoms with Crippen LogP contribution in [0.15, 0.2) is 33.7 Å². The van der Waals surface area contributed by atoms with Gasteiger partial charge in [-0.3, -0.25) is 4.99 Å². The standard InChI is InChI=1S/C18H24ClN5O/c1-13-14(2)25-17(22-13)12-21-18(20-3)24-10-8-23(9-11-24)16-7-5-4-6-15(16)19/h4-7H,8-12H2,1-3H3,(H,20,21). The molecule has 0 unspecified atom stereocenters. The third kappa shape index (κ3) is 4.07. The number of guanidine groups is 1. The molecule has 2 aromatic rings. The van der Waals surface area contributed by atoms with Crippen LogP contribution in [0, 0.1) is 13.8 Å². The van der Waals surface area contributed by atoms with Crippen LogP contribution in [0.4, 0.5) is 5.69 Å². The number of hydrogen-bond acceptors (Lipinski definition) is 4. The lowest BCUT2D eigenvalue weighted by Crippen LogP contribution is -2.52. The van der Waals surface area contributed by atoms with Crippen LogP contribution in [0.2, 0.25) is 5.02 Å². The van der Waals surface area contributed by atoms with Crippen molar-refractivity contribution >= 4 is 23.2 Å². The zero-order valence-electron chi connectivity index (χ0n) is 14.9. The van der Waals surface area contributed by atoms with Crippen LogP contribution in [0.1, 0.15) is 17.3 Å². The third-order valence-corrected chi connectivity index (χ3v) is 4.77. The molecule has 0 amide bonds. The molecular weight excluding hydrogens is 338 g/mol. The van der Waals surface area contributed by atoms with Crippen molar-refractivity contribution in [2.24, 2.45) is 4.99 Å². The number of hydrogen-bond donors (Lipinski definition) is 1. The van der Waals surface area contributed by atoms with Crippen LogP contribution in [0.5, 0.6) is 0 Å². The van der Waals surface area contributed by atoms with E-state index >= 15 is 0 Å². The van der Waals surface area contributed by atoms with Crippen LogP contribution < -0.4 is 10.2 Å². The lowest BCUT2D eigenvalue weighted by molar-refractivity contribution is 0.368. The first-order valence-corrected chi connectivity index (χ1v) is 8.84. The molecule has 7 heteroatoms. The summed E-state index contributed by atoms with van der Waals surface area (Å²) in [6.07, 6.45) is 0. The Morgan fingerprint density at radius 1 is 1.24 bits per heavy atom. The second-order valence-corrected chi connectivity index (χ2v) is 6.48. The fraction of sp³-hybridized carbons (Fsp3) is 0.444. The van der Waals surface area contributed by atoms with Gasteiger partial charge in [-0.25, -0.2) is 4.98 Å². The van der Waals surface area contributed by atoms with Crippen LogP contribution >= 0.6 is 11.6 Å². The van der Waals surface area contributed by atoms with Crippen molar-refractivity contribution < 1.29 is 4.42 Å². The van der Waals surface area contributed by atoms with Crippen LogP contribution in [-0.4, -0.2) is 49.1 Å². The molecular formula is C18H24ClN5O. The molecule has 1 N–H and O–H groups in total. The molecule has 0 bridgehead atoms. The highest BCUT2D eigenvalue weighted by atomic mass is 35.5. The summed E-state index contributed by atoms with van der Waals surface area (Å²) in [7, 11) is 1.80. The van der Waals surface area contributed by atoms with Crippen molar-refractivity contribution in [3.63, 3.8) is 0 Å². The third-order valence-electron chi connectivity index (χ3n) is 4.45. The Balaban J connectivity index is 1.56. The molecule has 0 aliphatic carbocycles. The van der Waals surface area contributed by atoms with Gasteiger partial charge in [-0.2, -0.15) is 0 Å². The van der Waals surface area contributed by atoms with E-state index < -0.39 is 0 Å². The predicted octanol–water partition coefficient (Wildman–Crippen LogP) is 2.84. The lowest BCUT2D eigenvalue weighted by atomic mass is 10.2. The van der Waals surface area contributed by atoms with E-state index in [1.165, 1.54) is 0 Å². The minimum Gasteiger partial charge on any atom is -0.444 e. The average Bonchev–Trinajstić information content (AvgIpc) is 2.94. The summed E-state index contributed by atoms with van der Waals surface area (Å²) in [5.41, 5.74) is 2.03. The molecule has 1 aromatic heterocycles. The normalized spacial score (nSPS) is 15.6. The molecule has 1 saturated heterocycles. The first kappa shape index (κ1) is 17.6. The number of halogens is 1. The minimum absolute atomic E-state index is 0.534. The highest BCUT2D eigenvalue weighted by molar-refractivity contribution is 6.33. The van der Waals surface area contributed by atoms with Crippen LogP contribution in [-0.2, 0) is 6.54 Å². The topological polar surface area (TPSA) is 56.9 Å². The number of piperazine rings is 1. The molecule has 0 spiro atoms. The molecule has 0 saturated carbocycles. The van der Waals surface area contributed by atoms with Gasteiger partial charge in [-0.15, -0.1) is 0 Å². The number of aliphatic imine (C=N–C) groups is 1. The van der Waals surface area contributed by atoms with Gasteiger partial charge in [-0.1, -0.05) is 23.7 Å². The number of nitrogens with zero attached hydrogens (tertiary/aromatic N) is 4. The van der Waals surface area contributed by atoms with Gasteiger partial charge in [0, 0.05) is 33.2 Å². The smallest absolute Gasteiger partial charge is 0.214 e. The van der Waals surface area contributed by atoms with Crippen LogP contribution in [0.3, 0.4) is 0 Å². The minimum atomic E-state index is 0.534. The highest BCUT2D eigenvalue weighted by Crippen LogP contribution is 2.26. The van der Waals surface area contributed by atoms with Gasteiger partial charge in [0.1, 0.15) is 5.76 Å². The van der Waals surface area contributed by atoms with Crippen molar-refractivity contribution in [1.29, 1.82) is 0 Å². The molecule has 1 fully saturated rings. The summed E-state index contributed by atoms with van der Waals surface area (Å²) in [5.74, 6) is 2.42. The van der Waals surface area contributed by atoms with Gasteiger partial charge in [0.2, 0.25) is 5.89 Å². The number of rotatable bonds is 3. The predicted molar refractivity (Wildman–Crippen MR) is 101 cm³/mol. The maximum atomic E-state index is 6.31. The number of benzene rings is 1. The SMILES string of the molecule is CN=C(NCc1nc(C)c(C)o1)N1CCN(c2ccccc2Cl)CC1. The highest BCUT2D eigenvalue weighted by Gasteiger charge is 2.21. The zero-order valence-corrected chi connectivity index (χ0v) is 15.7. The molecule has 6 nitrogen and oxygen atoms in total. The quantitative estimate of drug-likeness (QED) is 0.673. The molecule has 3 rings (SSSR count). The second kappa shape index (κ2) is 7.78. The van der Waals surface area contributed by atoms with E-state index in [1.54, 1.807) is 7.05 Å². The van der Waals surface area contributed by atoms with E-state index in [0.717, 1.165) is 54.3 Å². The van der Waals surface area contributed by atoms with Gasteiger partial charge in [0.05, 0.1) is 22.9 Å². The van der Waals surface area contributed by atoms with E-state index in [1.807, 2.05) is 32.0 Å². The number of oxazole rings is 1. The van der Waals surface area contributed by atoms with Gasteiger partial charge < -0.3 is 19.5 Å². The first-order valence-electron chi connectivity index (χ1n) is 8.46. The zero-order chi connectivity index (χ0) is 17.8. The van der Waals surface area contributed by atoms with Crippen molar-refractivity contribution in [3.8, 4) is 0 Å². The van der Waals surface area contributed by atoms with Gasteiger partial charge in [0.25, 0.3) is 0 Å². The monoisotopic (exact) mass is 361 g/mol. The molecule has 1 aromatic carbocycles. The molecule has 25 heavy (non-hydrogen) atoms. The molecule has 1 aliphatic rings. The summed E-state index contributed by atoms with van der Waals surface area (Å²) in [6.45, 7) is 7.98. The Morgan fingerprint density at radius 2 is 1.96 bits per heavy atom. The number of aryl methyl sites for hydroxylation is 2. The van der Waals surface area contributed by atoms with E-state index in [2.05, 4.69) is 31.2 Å². The Bertz CT molecular complexity index is 730. The summed E-state index contributed by atoms with van der Waals surface area (Å²) < 4.78 is 5.61. The Hall–Kier alpha value is -2.21. The summed E-state index contributed by atoms with van der Waals surface area (Å²) in [5, 5.41) is 4.14. The van der Waals surface area contributed by atoms with E-state index in [4.69, 9.17) is 16.0 Å². The second-order valence-electron chi connectivity index (χ2n) is 6.08. The number of para-hydroxylation sites is 1.